The molecule has 0 spiro atoms. The molecule has 0 aromatic carbocycles. The molecule has 1 aromatic heterocycles. The number of amides is 1. The number of rotatable bonds is 2. The first kappa shape index (κ1) is 11.3. The van der Waals surface area contributed by atoms with Crippen molar-refractivity contribution in [3.63, 3.8) is 0 Å². The maximum absolute atomic E-state index is 12.0. The first-order valence-corrected chi connectivity index (χ1v) is 5.32. The number of hydrogen-bond acceptors (Lipinski definition) is 3. The Labute approximate surface area is 98.4 Å². The third-order valence-electron chi connectivity index (χ3n) is 2.57. The van der Waals surface area contributed by atoms with Crippen molar-refractivity contribution in [1.29, 1.82) is 0 Å². The smallest absolute Gasteiger partial charge is 0.337 e. The fraction of sp³-hybridized carbons (Fsp3) is 0.250. The number of carbonyl (C=O) groups is 2. The van der Waals surface area contributed by atoms with E-state index in [0.29, 0.717) is 13.1 Å². The van der Waals surface area contributed by atoms with Crippen molar-refractivity contribution in [2.24, 2.45) is 0 Å². The molecule has 1 aliphatic heterocycles. The topological polar surface area (TPSA) is 70.5 Å². The van der Waals surface area contributed by atoms with Crippen LogP contribution in [-0.4, -0.2) is 40.0 Å². The molecule has 0 fully saturated rings. The molecule has 0 unspecified atom stereocenters. The van der Waals surface area contributed by atoms with Gasteiger partial charge in [-0.25, -0.2) is 4.79 Å². The van der Waals surface area contributed by atoms with Crippen molar-refractivity contribution < 1.29 is 14.7 Å². The Balaban J connectivity index is 2.14. The zero-order valence-electron chi connectivity index (χ0n) is 9.17. The number of hydrogen-bond donors (Lipinski definition) is 1. The van der Waals surface area contributed by atoms with Crippen LogP contribution in [0.3, 0.4) is 0 Å². The third-order valence-corrected chi connectivity index (χ3v) is 2.57. The van der Waals surface area contributed by atoms with Gasteiger partial charge in [0, 0.05) is 19.3 Å². The van der Waals surface area contributed by atoms with Crippen molar-refractivity contribution in [2.45, 2.75) is 6.42 Å². The molecular formula is C12H12N2O3. The van der Waals surface area contributed by atoms with E-state index in [4.69, 9.17) is 5.11 Å². The van der Waals surface area contributed by atoms with Gasteiger partial charge in [0.15, 0.2) is 0 Å². The maximum Gasteiger partial charge on any atom is 0.337 e. The molecule has 0 atom stereocenters. The summed E-state index contributed by atoms with van der Waals surface area (Å²) in [6, 6.07) is 2.84. The summed E-state index contributed by atoms with van der Waals surface area (Å²) in [5.41, 5.74) is 0.366. The number of carboxylic acids is 1. The highest BCUT2D eigenvalue weighted by Crippen LogP contribution is 2.08. The van der Waals surface area contributed by atoms with E-state index in [2.05, 4.69) is 4.98 Å². The van der Waals surface area contributed by atoms with Gasteiger partial charge in [-0.15, -0.1) is 0 Å². The molecule has 0 bridgehead atoms. The third kappa shape index (κ3) is 2.50. The average molecular weight is 232 g/mol. The lowest BCUT2D eigenvalue weighted by molar-refractivity contribution is 0.0693. The molecule has 1 aromatic rings. The molecule has 1 amide bonds. The van der Waals surface area contributed by atoms with Crippen LogP contribution in [0.2, 0.25) is 0 Å². The van der Waals surface area contributed by atoms with Crippen LogP contribution in [0.25, 0.3) is 0 Å². The van der Waals surface area contributed by atoms with Gasteiger partial charge in [-0.05, 0) is 18.6 Å². The monoisotopic (exact) mass is 232 g/mol. The number of pyridine rings is 1. The minimum Gasteiger partial charge on any atom is -0.478 e. The van der Waals surface area contributed by atoms with E-state index in [1.165, 1.54) is 18.3 Å². The van der Waals surface area contributed by atoms with E-state index in [-0.39, 0.29) is 17.2 Å². The van der Waals surface area contributed by atoms with E-state index < -0.39 is 5.97 Å². The van der Waals surface area contributed by atoms with Crippen LogP contribution < -0.4 is 0 Å². The minimum atomic E-state index is -1.04. The largest absolute Gasteiger partial charge is 0.478 e. The van der Waals surface area contributed by atoms with Gasteiger partial charge in [0.1, 0.15) is 5.69 Å². The Morgan fingerprint density at radius 3 is 2.65 bits per heavy atom. The summed E-state index contributed by atoms with van der Waals surface area (Å²) in [4.78, 5) is 28.2. The van der Waals surface area contributed by atoms with Crippen LogP contribution in [0.4, 0.5) is 0 Å². The van der Waals surface area contributed by atoms with Gasteiger partial charge in [-0.2, -0.15) is 0 Å². The van der Waals surface area contributed by atoms with Gasteiger partial charge >= 0.3 is 5.97 Å². The fourth-order valence-electron chi connectivity index (χ4n) is 1.63. The maximum atomic E-state index is 12.0. The molecule has 0 saturated carbocycles. The molecular weight excluding hydrogens is 220 g/mol. The molecule has 0 saturated heterocycles. The van der Waals surface area contributed by atoms with Crippen LogP contribution in [0, 0.1) is 0 Å². The molecule has 5 nitrogen and oxygen atoms in total. The average Bonchev–Trinajstić information content (AvgIpc) is 2.39. The van der Waals surface area contributed by atoms with Crippen LogP contribution >= 0.6 is 0 Å². The number of nitrogens with zero attached hydrogens (tertiary/aromatic N) is 2. The molecule has 88 valence electrons. The summed E-state index contributed by atoms with van der Waals surface area (Å²) in [7, 11) is 0. The number of carbonyl (C=O) groups excluding carboxylic acids is 1. The molecule has 2 heterocycles. The normalized spacial score (nSPS) is 14.7. The number of aromatic carboxylic acids is 1. The second-order valence-corrected chi connectivity index (χ2v) is 3.75. The molecule has 0 radical (unpaired) electrons. The van der Waals surface area contributed by atoms with Gasteiger partial charge in [-0.1, -0.05) is 12.2 Å². The SMILES string of the molecule is O=C(O)c1ccc(C(=O)N2CC=CCC2)nc1. The summed E-state index contributed by atoms with van der Waals surface area (Å²) < 4.78 is 0. The van der Waals surface area contributed by atoms with Crippen molar-refractivity contribution in [1.82, 2.24) is 9.88 Å². The van der Waals surface area contributed by atoms with Gasteiger partial charge in [0.25, 0.3) is 5.91 Å². The van der Waals surface area contributed by atoms with Crippen LogP contribution in [-0.2, 0) is 0 Å². The van der Waals surface area contributed by atoms with Gasteiger partial charge in [0.2, 0.25) is 0 Å². The Morgan fingerprint density at radius 1 is 1.29 bits per heavy atom. The van der Waals surface area contributed by atoms with Crippen LogP contribution in [0.1, 0.15) is 27.3 Å². The Morgan fingerprint density at radius 2 is 2.12 bits per heavy atom. The fourth-order valence-corrected chi connectivity index (χ4v) is 1.63. The summed E-state index contributed by atoms with van der Waals surface area (Å²) in [6.07, 6.45) is 6.02. The van der Waals surface area contributed by atoms with Crippen molar-refractivity contribution in [3.8, 4) is 0 Å². The van der Waals surface area contributed by atoms with Crippen molar-refractivity contribution >= 4 is 11.9 Å². The molecule has 2 rings (SSSR count). The minimum absolute atomic E-state index is 0.0834. The highest BCUT2D eigenvalue weighted by atomic mass is 16.4. The quantitative estimate of drug-likeness (QED) is 0.777. The Kier molecular flexibility index (Phi) is 3.18. The van der Waals surface area contributed by atoms with E-state index in [9.17, 15) is 9.59 Å². The molecule has 17 heavy (non-hydrogen) atoms. The van der Waals surface area contributed by atoms with Crippen molar-refractivity contribution in [3.05, 3.63) is 41.7 Å². The summed E-state index contributed by atoms with van der Waals surface area (Å²) in [5.74, 6) is -1.20. The Bertz CT molecular complexity index is 465. The van der Waals surface area contributed by atoms with E-state index in [1.807, 2.05) is 12.2 Å². The van der Waals surface area contributed by atoms with Crippen molar-refractivity contribution in [2.75, 3.05) is 13.1 Å². The molecule has 5 heteroatoms. The lowest BCUT2D eigenvalue weighted by Gasteiger charge is -2.22. The van der Waals surface area contributed by atoms with Gasteiger partial charge < -0.3 is 10.0 Å². The number of carboxylic acid groups (broad SMARTS) is 1. The number of aromatic nitrogens is 1. The lowest BCUT2D eigenvalue weighted by Crippen LogP contribution is -2.34. The van der Waals surface area contributed by atoms with E-state index >= 15 is 0 Å². The van der Waals surface area contributed by atoms with E-state index in [1.54, 1.807) is 4.90 Å². The first-order valence-electron chi connectivity index (χ1n) is 5.32. The van der Waals surface area contributed by atoms with Crippen LogP contribution in [0.15, 0.2) is 30.5 Å². The zero-order valence-corrected chi connectivity index (χ0v) is 9.17. The lowest BCUT2D eigenvalue weighted by atomic mass is 10.2. The standard InChI is InChI=1S/C12H12N2O3/c15-11(14-6-2-1-3-7-14)10-5-4-9(8-13-10)12(16)17/h1-2,4-5,8H,3,6-7H2,(H,16,17). The summed E-state index contributed by atoms with van der Waals surface area (Å²) >= 11 is 0. The molecule has 1 aliphatic rings. The zero-order chi connectivity index (χ0) is 12.3. The van der Waals surface area contributed by atoms with Crippen LogP contribution in [0.5, 0.6) is 0 Å². The van der Waals surface area contributed by atoms with Gasteiger partial charge in [-0.3, -0.25) is 9.78 Å². The highest BCUT2D eigenvalue weighted by Gasteiger charge is 2.17. The second-order valence-electron chi connectivity index (χ2n) is 3.75. The predicted octanol–water partition coefficient (Wildman–Crippen LogP) is 1.18. The van der Waals surface area contributed by atoms with Gasteiger partial charge in [0.05, 0.1) is 5.56 Å². The summed E-state index contributed by atoms with van der Waals surface area (Å²) in [5, 5.41) is 8.72. The second kappa shape index (κ2) is 4.78. The predicted molar refractivity (Wildman–Crippen MR) is 60.9 cm³/mol. The Hall–Kier alpha value is -2.17. The van der Waals surface area contributed by atoms with E-state index in [0.717, 1.165) is 6.42 Å². The first-order chi connectivity index (χ1) is 8.18. The molecule has 0 aliphatic carbocycles. The summed E-state index contributed by atoms with van der Waals surface area (Å²) in [6.45, 7) is 1.26. The highest BCUT2D eigenvalue weighted by molar-refractivity contribution is 5.93. The molecule has 1 N–H and O–H groups in total.